The summed E-state index contributed by atoms with van der Waals surface area (Å²) in [6, 6.07) is 12.4. The SMILES string of the molecule is CCC(C)[C@H](NC(=O)[C@@H]1CCCN1C(=O)[C@H](Cc1ccccc1)n1c(=O)[nH]c2ccccc2c1=O)C(=O)O. The van der Waals surface area contributed by atoms with E-state index in [1.54, 1.807) is 55.5 Å². The molecular weight excluding hydrogens is 488 g/mol. The number of nitrogens with one attached hydrogen (secondary N) is 2. The Hall–Kier alpha value is -4.21. The highest BCUT2D eigenvalue weighted by atomic mass is 16.4. The number of para-hydroxylation sites is 1. The zero-order valence-corrected chi connectivity index (χ0v) is 21.4. The highest BCUT2D eigenvalue weighted by Gasteiger charge is 2.40. The van der Waals surface area contributed by atoms with Crippen molar-refractivity contribution in [1.82, 2.24) is 19.8 Å². The Morgan fingerprint density at radius 3 is 2.45 bits per heavy atom. The van der Waals surface area contributed by atoms with Crippen LogP contribution in [0.15, 0.2) is 64.2 Å². The molecule has 1 aliphatic heterocycles. The Bertz CT molecular complexity index is 1450. The first-order valence-corrected chi connectivity index (χ1v) is 12.8. The minimum absolute atomic E-state index is 0.0659. The monoisotopic (exact) mass is 520 g/mol. The number of hydrogen-bond acceptors (Lipinski definition) is 5. The highest BCUT2D eigenvalue weighted by molar-refractivity contribution is 5.92. The van der Waals surface area contributed by atoms with Gasteiger partial charge in [-0.25, -0.2) is 14.2 Å². The Balaban J connectivity index is 1.72. The fourth-order valence-electron chi connectivity index (χ4n) is 5.01. The quantitative estimate of drug-likeness (QED) is 0.394. The van der Waals surface area contributed by atoms with Crippen molar-refractivity contribution >= 4 is 28.7 Å². The zero-order chi connectivity index (χ0) is 27.4. The number of rotatable bonds is 9. The van der Waals surface area contributed by atoms with Crippen LogP contribution in [0.4, 0.5) is 0 Å². The number of carboxylic acid groups (broad SMARTS) is 1. The fraction of sp³-hybridized carbons (Fsp3) is 0.393. The first-order valence-electron chi connectivity index (χ1n) is 12.8. The van der Waals surface area contributed by atoms with Gasteiger partial charge >= 0.3 is 11.7 Å². The number of H-pyrrole nitrogens is 1. The molecule has 38 heavy (non-hydrogen) atoms. The van der Waals surface area contributed by atoms with Crippen molar-refractivity contribution in [2.24, 2.45) is 5.92 Å². The maximum Gasteiger partial charge on any atom is 0.329 e. The predicted molar refractivity (Wildman–Crippen MR) is 142 cm³/mol. The lowest BCUT2D eigenvalue weighted by Crippen LogP contribution is -2.54. The Kier molecular flexibility index (Phi) is 8.09. The third-order valence-corrected chi connectivity index (χ3v) is 7.32. The molecule has 1 unspecified atom stereocenters. The van der Waals surface area contributed by atoms with Crippen LogP contribution in [0.3, 0.4) is 0 Å². The molecule has 0 radical (unpaired) electrons. The van der Waals surface area contributed by atoms with Crippen molar-refractivity contribution in [3.8, 4) is 0 Å². The largest absolute Gasteiger partial charge is 0.480 e. The van der Waals surface area contributed by atoms with Gasteiger partial charge in [0.05, 0.1) is 10.9 Å². The van der Waals surface area contributed by atoms with E-state index in [-0.39, 0.29) is 24.3 Å². The van der Waals surface area contributed by atoms with Gasteiger partial charge in [0, 0.05) is 13.0 Å². The summed E-state index contributed by atoms with van der Waals surface area (Å²) in [6.07, 6.45) is 1.51. The third kappa shape index (κ3) is 5.39. The molecular formula is C28H32N4O6. The smallest absolute Gasteiger partial charge is 0.329 e. The van der Waals surface area contributed by atoms with Gasteiger partial charge in [-0.3, -0.25) is 14.4 Å². The summed E-state index contributed by atoms with van der Waals surface area (Å²) < 4.78 is 0.935. The molecule has 4 rings (SSSR count). The molecule has 1 fully saturated rings. The molecule has 0 saturated carbocycles. The Morgan fingerprint density at radius 2 is 1.76 bits per heavy atom. The Labute approximate surface area is 219 Å². The van der Waals surface area contributed by atoms with Crippen LogP contribution in [0.1, 0.15) is 44.7 Å². The molecule has 2 amide bonds. The molecule has 4 atom stereocenters. The lowest BCUT2D eigenvalue weighted by atomic mass is 9.98. The molecule has 3 N–H and O–H groups in total. The maximum atomic E-state index is 14.0. The number of fused-ring (bicyclic) bond motifs is 1. The van der Waals surface area contributed by atoms with Gasteiger partial charge in [-0.2, -0.15) is 0 Å². The molecule has 10 nitrogen and oxygen atoms in total. The summed E-state index contributed by atoms with van der Waals surface area (Å²) in [6.45, 7) is 3.83. The number of aliphatic carboxylic acids is 1. The Morgan fingerprint density at radius 1 is 1.08 bits per heavy atom. The molecule has 0 bridgehead atoms. The van der Waals surface area contributed by atoms with Crippen molar-refractivity contribution in [2.45, 2.75) is 57.7 Å². The van der Waals surface area contributed by atoms with Crippen LogP contribution in [0.25, 0.3) is 10.9 Å². The number of hydrogen-bond donors (Lipinski definition) is 3. The zero-order valence-electron chi connectivity index (χ0n) is 21.4. The summed E-state index contributed by atoms with van der Waals surface area (Å²) in [5, 5.41) is 12.5. The molecule has 1 saturated heterocycles. The number of carbonyl (C=O) groups excluding carboxylic acids is 2. The van der Waals surface area contributed by atoms with Gasteiger partial charge in [0.25, 0.3) is 5.56 Å². The molecule has 1 aromatic heterocycles. The average molecular weight is 521 g/mol. The van der Waals surface area contributed by atoms with Crippen LogP contribution in [-0.4, -0.2) is 56.0 Å². The second-order valence-electron chi connectivity index (χ2n) is 9.76. The molecule has 1 aliphatic rings. The average Bonchev–Trinajstić information content (AvgIpc) is 3.41. The highest BCUT2D eigenvalue weighted by Crippen LogP contribution is 2.24. The van der Waals surface area contributed by atoms with Crippen molar-refractivity contribution in [2.75, 3.05) is 6.54 Å². The van der Waals surface area contributed by atoms with Crippen LogP contribution >= 0.6 is 0 Å². The molecule has 2 aromatic carbocycles. The van der Waals surface area contributed by atoms with Crippen molar-refractivity contribution < 1.29 is 19.5 Å². The number of carbonyl (C=O) groups is 3. The minimum atomic E-state index is -1.20. The summed E-state index contributed by atoms with van der Waals surface area (Å²) in [4.78, 5) is 69.7. The number of nitrogens with zero attached hydrogens (tertiary/aromatic N) is 2. The van der Waals surface area contributed by atoms with E-state index >= 15 is 0 Å². The van der Waals surface area contributed by atoms with Gasteiger partial charge in [0.1, 0.15) is 18.1 Å². The second-order valence-corrected chi connectivity index (χ2v) is 9.76. The lowest BCUT2D eigenvalue weighted by Gasteiger charge is -2.30. The van der Waals surface area contributed by atoms with E-state index in [0.29, 0.717) is 24.8 Å². The summed E-state index contributed by atoms with van der Waals surface area (Å²) in [5.41, 5.74) is -0.200. The topological polar surface area (TPSA) is 142 Å². The first-order chi connectivity index (χ1) is 18.2. The molecule has 0 spiro atoms. The third-order valence-electron chi connectivity index (χ3n) is 7.32. The molecule has 200 valence electrons. The number of aromatic nitrogens is 2. The van der Waals surface area contributed by atoms with Crippen LogP contribution < -0.4 is 16.6 Å². The number of amides is 2. The van der Waals surface area contributed by atoms with E-state index in [4.69, 9.17) is 0 Å². The summed E-state index contributed by atoms with van der Waals surface area (Å²) in [5.74, 6) is -2.53. The van der Waals surface area contributed by atoms with Gasteiger partial charge < -0.3 is 20.3 Å². The van der Waals surface area contributed by atoms with Gasteiger partial charge in [-0.15, -0.1) is 0 Å². The van der Waals surface area contributed by atoms with E-state index in [2.05, 4.69) is 10.3 Å². The molecule has 10 heteroatoms. The van der Waals surface area contributed by atoms with Crippen molar-refractivity contribution in [3.05, 3.63) is 81.0 Å². The molecule has 3 aromatic rings. The van der Waals surface area contributed by atoms with Crippen molar-refractivity contribution in [1.29, 1.82) is 0 Å². The summed E-state index contributed by atoms with van der Waals surface area (Å²) in [7, 11) is 0. The van der Waals surface area contributed by atoms with Gasteiger partial charge in [0.15, 0.2) is 0 Å². The van der Waals surface area contributed by atoms with Crippen molar-refractivity contribution in [3.63, 3.8) is 0 Å². The fourth-order valence-corrected chi connectivity index (χ4v) is 5.01. The van der Waals surface area contributed by atoms with Gasteiger partial charge in [-0.05, 0) is 36.5 Å². The van der Waals surface area contributed by atoms with E-state index in [9.17, 15) is 29.1 Å². The molecule has 2 heterocycles. The van der Waals surface area contributed by atoms with E-state index in [0.717, 1.165) is 10.1 Å². The number of benzene rings is 2. The summed E-state index contributed by atoms with van der Waals surface area (Å²) >= 11 is 0. The molecule has 0 aliphatic carbocycles. The van der Waals surface area contributed by atoms with E-state index < -0.39 is 47.2 Å². The van der Waals surface area contributed by atoms with Gasteiger partial charge in [0.2, 0.25) is 11.8 Å². The van der Waals surface area contributed by atoms with Crippen LogP contribution in [0.2, 0.25) is 0 Å². The first kappa shape index (κ1) is 26.8. The second kappa shape index (κ2) is 11.5. The van der Waals surface area contributed by atoms with E-state index in [1.807, 2.05) is 13.0 Å². The van der Waals surface area contributed by atoms with E-state index in [1.165, 1.54) is 4.90 Å². The maximum absolute atomic E-state index is 14.0. The van der Waals surface area contributed by atoms with Gasteiger partial charge in [-0.1, -0.05) is 62.7 Å². The van der Waals surface area contributed by atoms with Crippen LogP contribution in [0.5, 0.6) is 0 Å². The van der Waals surface area contributed by atoms with Crippen LogP contribution in [-0.2, 0) is 20.8 Å². The normalized spacial score (nSPS) is 17.6. The number of aromatic amines is 1. The van der Waals surface area contributed by atoms with Crippen LogP contribution in [0, 0.1) is 5.92 Å². The number of carboxylic acids is 1. The minimum Gasteiger partial charge on any atom is -0.480 e. The standard InChI is InChI=1S/C28H32N4O6/c1-3-17(2)23(27(36)37)30-24(33)21-14-9-15-31(21)26(35)22(16-18-10-5-4-6-11-18)32-25(34)19-12-7-8-13-20(19)29-28(32)38/h4-8,10-13,17,21-23H,3,9,14-16H2,1-2H3,(H,29,38)(H,30,33)(H,36,37)/t17?,21-,22-,23-/m0/s1. The predicted octanol–water partition coefficient (Wildman–Crippen LogP) is 2.08. The lowest BCUT2D eigenvalue weighted by molar-refractivity contribution is -0.145. The number of likely N-dealkylation sites (tertiary alicyclic amines) is 1.